The van der Waals surface area contributed by atoms with E-state index in [1.807, 2.05) is 0 Å². The van der Waals surface area contributed by atoms with Crippen LogP contribution in [0.4, 0.5) is 11.4 Å². The molecule has 0 unspecified atom stereocenters. The molecule has 32 heavy (non-hydrogen) atoms. The van der Waals surface area contributed by atoms with Gasteiger partial charge in [-0.2, -0.15) is 5.26 Å². The highest BCUT2D eigenvalue weighted by Gasteiger charge is 2.62. The summed E-state index contributed by atoms with van der Waals surface area (Å²) in [5, 5.41) is 10.1. The summed E-state index contributed by atoms with van der Waals surface area (Å²) in [4.78, 5) is 5.77. The molecule has 0 saturated heterocycles. The van der Waals surface area contributed by atoms with Crippen LogP contribution in [0.2, 0.25) is 0 Å². The van der Waals surface area contributed by atoms with E-state index in [1.54, 1.807) is 0 Å². The Morgan fingerprint density at radius 1 is 0.656 bits per heavy atom. The molecule has 1 aliphatic heterocycles. The summed E-state index contributed by atoms with van der Waals surface area (Å²) >= 11 is 0. The van der Waals surface area contributed by atoms with Gasteiger partial charge in [-0.3, -0.25) is 0 Å². The van der Waals surface area contributed by atoms with E-state index in [0.29, 0.717) is 17.5 Å². The molecule has 8 saturated carbocycles. The topological polar surface area (TPSA) is 30.3 Å². The van der Waals surface area contributed by atoms with Crippen LogP contribution >= 0.6 is 0 Å². The number of nitrogens with zero attached hydrogens (tertiary/aromatic N) is 3. The van der Waals surface area contributed by atoms with Crippen LogP contribution < -0.4 is 9.80 Å². The summed E-state index contributed by atoms with van der Waals surface area (Å²) < 4.78 is 0. The van der Waals surface area contributed by atoms with Crippen LogP contribution in [0.3, 0.4) is 0 Å². The van der Waals surface area contributed by atoms with Gasteiger partial charge in [-0.25, -0.2) is 0 Å². The minimum atomic E-state index is 0.255. The monoisotopic (exact) mass is 427 g/mol. The molecule has 0 N–H and O–H groups in total. The summed E-state index contributed by atoms with van der Waals surface area (Å²) in [6.07, 6.45) is 18.1. The quantitative estimate of drug-likeness (QED) is 0.552. The first-order valence-corrected chi connectivity index (χ1v) is 13.7. The van der Waals surface area contributed by atoms with Crippen LogP contribution in [-0.2, 0) is 0 Å². The molecule has 0 aromatic heterocycles. The van der Waals surface area contributed by atoms with Crippen molar-refractivity contribution in [3.8, 4) is 6.07 Å². The average Bonchev–Trinajstić information content (AvgIpc) is 3.07. The summed E-state index contributed by atoms with van der Waals surface area (Å²) in [7, 11) is 0. The van der Waals surface area contributed by atoms with Gasteiger partial charge < -0.3 is 9.80 Å². The van der Waals surface area contributed by atoms with Crippen molar-refractivity contribution in [2.75, 3.05) is 9.80 Å². The highest BCUT2D eigenvalue weighted by atomic mass is 15.5. The van der Waals surface area contributed by atoms with Crippen LogP contribution in [0.1, 0.15) is 83.5 Å². The highest BCUT2D eigenvalue weighted by molar-refractivity contribution is 5.80. The number of rotatable bonds is 3. The van der Waals surface area contributed by atoms with Gasteiger partial charge in [0.2, 0.25) is 0 Å². The van der Waals surface area contributed by atoms with Crippen molar-refractivity contribution in [1.29, 1.82) is 5.26 Å². The summed E-state index contributed by atoms with van der Waals surface area (Å²) in [6.45, 7) is 0. The van der Waals surface area contributed by atoms with E-state index in [2.05, 4.69) is 40.1 Å². The number of nitriles is 1. The normalized spacial score (nSPS) is 49.5. The summed E-state index contributed by atoms with van der Waals surface area (Å²) in [5.41, 5.74) is 3.57. The first-order valence-electron chi connectivity index (χ1n) is 13.7. The van der Waals surface area contributed by atoms with Crippen molar-refractivity contribution >= 4 is 11.4 Å². The van der Waals surface area contributed by atoms with Gasteiger partial charge in [0, 0.05) is 11.1 Å². The second-order valence-electron chi connectivity index (χ2n) is 13.4. The fraction of sp³-hybridized carbons (Fsp3) is 0.759. The maximum atomic E-state index is 10.1. The summed E-state index contributed by atoms with van der Waals surface area (Å²) in [5.74, 6) is 5.61. The zero-order valence-electron chi connectivity index (χ0n) is 19.4. The molecule has 1 aromatic rings. The Balaban J connectivity index is 1.27. The maximum absolute atomic E-state index is 10.1. The lowest BCUT2D eigenvalue weighted by atomic mass is 9.52. The zero-order chi connectivity index (χ0) is 21.1. The van der Waals surface area contributed by atoms with E-state index in [-0.39, 0.29) is 6.17 Å². The number of hydrogen-bond acceptors (Lipinski definition) is 3. The van der Waals surface area contributed by atoms with Crippen LogP contribution in [0.25, 0.3) is 0 Å². The predicted octanol–water partition coefficient (Wildman–Crippen LogP) is 6.49. The molecule has 168 valence electrons. The van der Waals surface area contributed by atoms with Crippen molar-refractivity contribution < 1.29 is 0 Å². The fourth-order valence-corrected chi connectivity index (χ4v) is 11.4. The predicted molar refractivity (Wildman–Crippen MR) is 127 cm³/mol. The van der Waals surface area contributed by atoms with Crippen molar-refractivity contribution in [3.05, 3.63) is 24.3 Å². The van der Waals surface area contributed by atoms with E-state index in [9.17, 15) is 5.26 Å². The second kappa shape index (κ2) is 6.25. The highest BCUT2D eigenvalue weighted by Crippen LogP contribution is 2.65. The lowest BCUT2D eigenvalue weighted by Crippen LogP contribution is -2.68. The number of fused-ring (bicyclic) bond motifs is 1. The molecule has 0 radical (unpaired) electrons. The van der Waals surface area contributed by atoms with Crippen LogP contribution in [0.5, 0.6) is 0 Å². The molecule has 10 rings (SSSR count). The van der Waals surface area contributed by atoms with Gasteiger partial charge in [-0.1, -0.05) is 12.1 Å². The second-order valence-corrected chi connectivity index (χ2v) is 13.4. The molecule has 3 heteroatoms. The van der Waals surface area contributed by atoms with E-state index in [4.69, 9.17) is 0 Å². The van der Waals surface area contributed by atoms with Crippen LogP contribution in [0, 0.1) is 46.8 Å². The third-order valence-corrected chi connectivity index (χ3v) is 11.3. The molecular formula is C29H37N3. The smallest absolute Gasteiger partial charge is 0.116 e. The van der Waals surface area contributed by atoms with Gasteiger partial charge in [0.25, 0.3) is 0 Å². The third kappa shape index (κ3) is 2.37. The molecule has 0 atom stereocenters. The SMILES string of the molecule is N#CCC1N(C23CC4CC(CC(C4)C2)C3)c2ccccc2N1C12CC3CC(CC(C3)C1)C2. The Bertz CT molecular complexity index is 847. The Morgan fingerprint density at radius 3 is 1.31 bits per heavy atom. The Hall–Kier alpha value is -1.69. The van der Waals surface area contributed by atoms with Crippen molar-refractivity contribution in [2.45, 2.75) is 101 Å². The molecule has 0 spiro atoms. The van der Waals surface area contributed by atoms with E-state index in [1.165, 1.54) is 88.4 Å². The standard InChI is InChI=1S/C29H37N3/c30-6-5-27-31(28-13-19-7-20(14-28)9-21(8-19)15-28)25-3-1-2-4-26(25)32(27)29-16-22-10-23(17-29)12-24(11-22)18-29/h1-4,19-24,27H,5,7-18H2. The van der Waals surface area contributed by atoms with Gasteiger partial charge in [0.1, 0.15) is 6.17 Å². The van der Waals surface area contributed by atoms with Gasteiger partial charge in [0.15, 0.2) is 0 Å². The molecule has 1 heterocycles. The first-order chi connectivity index (χ1) is 15.6. The Morgan fingerprint density at radius 2 is 1.00 bits per heavy atom. The van der Waals surface area contributed by atoms with Gasteiger partial charge in [-0.15, -0.1) is 0 Å². The average molecular weight is 428 g/mol. The molecule has 3 nitrogen and oxygen atoms in total. The minimum Gasteiger partial charge on any atom is -0.343 e. The first kappa shape index (κ1) is 18.7. The molecular weight excluding hydrogens is 390 g/mol. The number of anilines is 2. The minimum absolute atomic E-state index is 0.255. The van der Waals surface area contributed by atoms with Crippen molar-refractivity contribution in [1.82, 2.24) is 0 Å². The number of benzene rings is 1. The van der Waals surface area contributed by atoms with Crippen LogP contribution in [0.15, 0.2) is 24.3 Å². The molecule has 1 aromatic carbocycles. The Kier molecular flexibility index (Phi) is 3.65. The summed E-state index contributed by atoms with van der Waals surface area (Å²) in [6, 6.07) is 12.0. The van der Waals surface area contributed by atoms with Crippen molar-refractivity contribution in [2.24, 2.45) is 35.5 Å². The van der Waals surface area contributed by atoms with Crippen molar-refractivity contribution in [3.63, 3.8) is 0 Å². The van der Waals surface area contributed by atoms with Gasteiger partial charge in [-0.05, 0) is 125 Å². The molecule has 8 aliphatic carbocycles. The van der Waals surface area contributed by atoms with Crippen LogP contribution in [-0.4, -0.2) is 17.2 Å². The molecule has 0 amide bonds. The molecule has 8 bridgehead atoms. The number of para-hydroxylation sites is 2. The van der Waals surface area contributed by atoms with E-state index in [0.717, 1.165) is 35.5 Å². The number of hydrogen-bond donors (Lipinski definition) is 0. The van der Waals surface area contributed by atoms with Gasteiger partial charge >= 0.3 is 0 Å². The molecule has 9 aliphatic rings. The Labute approximate surface area is 193 Å². The fourth-order valence-electron chi connectivity index (χ4n) is 11.4. The van der Waals surface area contributed by atoms with E-state index < -0.39 is 0 Å². The van der Waals surface area contributed by atoms with E-state index >= 15 is 0 Å². The molecule has 8 fully saturated rings. The van der Waals surface area contributed by atoms with Gasteiger partial charge in [0.05, 0.1) is 23.9 Å². The lowest BCUT2D eigenvalue weighted by Gasteiger charge is -2.64. The third-order valence-electron chi connectivity index (χ3n) is 11.3. The zero-order valence-corrected chi connectivity index (χ0v) is 19.4. The maximum Gasteiger partial charge on any atom is 0.116 e. The largest absolute Gasteiger partial charge is 0.343 e. The lowest BCUT2D eigenvalue weighted by molar-refractivity contribution is -0.0192.